The van der Waals surface area contributed by atoms with Crippen LogP contribution in [0.4, 0.5) is 0 Å². The second kappa shape index (κ2) is 4.45. The van der Waals surface area contributed by atoms with Crippen LogP contribution in [0.3, 0.4) is 0 Å². The third-order valence-electron chi connectivity index (χ3n) is 2.74. The summed E-state index contributed by atoms with van der Waals surface area (Å²) in [6.45, 7) is 3.59. The topological polar surface area (TPSA) is 46.9 Å². The fourth-order valence-electron chi connectivity index (χ4n) is 1.83. The maximum absolute atomic E-state index is 11.8. The van der Waals surface area contributed by atoms with E-state index in [0.29, 0.717) is 17.1 Å². The molecule has 0 spiro atoms. The summed E-state index contributed by atoms with van der Waals surface area (Å²) < 4.78 is 2.24. The van der Waals surface area contributed by atoms with Crippen molar-refractivity contribution in [3.8, 4) is 0 Å². The standard InChI is InChI=1S/C10H14BrN3O/c1-7-9(11)10(15)14(6-13-7)5-8-3-2-4-12-8/h6,8,12H,2-5H2,1H3/t8-/m0/s1. The molecular weight excluding hydrogens is 258 g/mol. The van der Waals surface area contributed by atoms with Gasteiger partial charge in [-0.25, -0.2) is 4.98 Å². The summed E-state index contributed by atoms with van der Waals surface area (Å²) in [6, 6.07) is 0.416. The molecule has 1 aromatic heterocycles. The maximum Gasteiger partial charge on any atom is 0.267 e. The van der Waals surface area contributed by atoms with Crippen LogP contribution in [0.25, 0.3) is 0 Å². The summed E-state index contributed by atoms with van der Waals surface area (Å²) in [5, 5.41) is 3.36. The molecule has 1 aliphatic rings. The normalized spacial score (nSPS) is 20.8. The van der Waals surface area contributed by atoms with Gasteiger partial charge in [0.1, 0.15) is 4.47 Å². The van der Waals surface area contributed by atoms with Crippen molar-refractivity contribution in [1.29, 1.82) is 0 Å². The molecule has 2 rings (SSSR count). The Bertz CT molecular complexity index is 410. The summed E-state index contributed by atoms with van der Waals surface area (Å²) in [5.41, 5.74) is 0.756. The van der Waals surface area contributed by atoms with Gasteiger partial charge in [-0.05, 0) is 42.2 Å². The molecule has 0 radical (unpaired) electrons. The van der Waals surface area contributed by atoms with E-state index in [4.69, 9.17) is 0 Å². The van der Waals surface area contributed by atoms with Crippen molar-refractivity contribution in [2.24, 2.45) is 0 Å². The van der Waals surface area contributed by atoms with Gasteiger partial charge in [-0.15, -0.1) is 0 Å². The molecule has 15 heavy (non-hydrogen) atoms. The van der Waals surface area contributed by atoms with Crippen LogP contribution in [0.2, 0.25) is 0 Å². The highest BCUT2D eigenvalue weighted by molar-refractivity contribution is 9.10. The fourth-order valence-corrected chi connectivity index (χ4v) is 2.16. The molecule has 0 unspecified atom stereocenters. The zero-order chi connectivity index (χ0) is 10.8. The predicted octanol–water partition coefficient (Wildman–Crippen LogP) is 1.07. The number of nitrogens with zero attached hydrogens (tertiary/aromatic N) is 2. The fraction of sp³-hybridized carbons (Fsp3) is 0.600. The molecular formula is C10H14BrN3O. The lowest BCUT2D eigenvalue weighted by Crippen LogP contribution is -2.32. The minimum absolute atomic E-state index is 0.0104. The Morgan fingerprint density at radius 3 is 3.20 bits per heavy atom. The highest BCUT2D eigenvalue weighted by atomic mass is 79.9. The molecule has 2 heterocycles. The van der Waals surface area contributed by atoms with Crippen LogP contribution in [-0.2, 0) is 6.54 Å². The van der Waals surface area contributed by atoms with Crippen molar-refractivity contribution >= 4 is 15.9 Å². The molecule has 4 nitrogen and oxygen atoms in total. The Hall–Kier alpha value is -0.680. The molecule has 1 aromatic rings. The quantitative estimate of drug-likeness (QED) is 0.876. The Kier molecular flexibility index (Phi) is 3.21. The monoisotopic (exact) mass is 271 g/mol. The molecule has 1 saturated heterocycles. The molecule has 0 saturated carbocycles. The Morgan fingerprint density at radius 2 is 2.53 bits per heavy atom. The van der Waals surface area contributed by atoms with Crippen LogP contribution in [0.1, 0.15) is 18.5 Å². The van der Waals surface area contributed by atoms with Gasteiger partial charge in [-0.1, -0.05) is 0 Å². The number of rotatable bonds is 2. The molecule has 0 aliphatic carbocycles. The van der Waals surface area contributed by atoms with Crippen molar-refractivity contribution in [3.05, 3.63) is 26.8 Å². The van der Waals surface area contributed by atoms with Crippen LogP contribution >= 0.6 is 15.9 Å². The Morgan fingerprint density at radius 1 is 1.73 bits per heavy atom. The molecule has 0 bridgehead atoms. The minimum Gasteiger partial charge on any atom is -0.312 e. The third-order valence-corrected chi connectivity index (χ3v) is 3.65. The number of nitrogens with one attached hydrogen (secondary N) is 1. The lowest BCUT2D eigenvalue weighted by atomic mass is 10.2. The van der Waals surface area contributed by atoms with E-state index in [9.17, 15) is 4.79 Å². The Labute approximate surface area is 96.8 Å². The third kappa shape index (κ3) is 2.29. The first-order valence-electron chi connectivity index (χ1n) is 5.13. The first-order valence-corrected chi connectivity index (χ1v) is 5.92. The molecule has 0 amide bonds. The number of aryl methyl sites for hydroxylation is 1. The zero-order valence-corrected chi connectivity index (χ0v) is 10.2. The first kappa shape index (κ1) is 10.8. The highest BCUT2D eigenvalue weighted by Crippen LogP contribution is 2.09. The molecule has 1 aliphatic heterocycles. The van der Waals surface area contributed by atoms with E-state index in [1.807, 2.05) is 6.92 Å². The van der Waals surface area contributed by atoms with Gasteiger partial charge >= 0.3 is 0 Å². The largest absolute Gasteiger partial charge is 0.312 e. The van der Waals surface area contributed by atoms with Crippen molar-refractivity contribution in [1.82, 2.24) is 14.9 Å². The zero-order valence-electron chi connectivity index (χ0n) is 8.66. The van der Waals surface area contributed by atoms with E-state index >= 15 is 0 Å². The van der Waals surface area contributed by atoms with E-state index in [1.165, 1.54) is 6.42 Å². The molecule has 1 atom stereocenters. The van der Waals surface area contributed by atoms with Crippen molar-refractivity contribution in [2.45, 2.75) is 32.4 Å². The molecule has 5 heteroatoms. The summed E-state index contributed by atoms with van der Waals surface area (Å²) >= 11 is 3.26. The van der Waals surface area contributed by atoms with Gasteiger partial charge in [0.05, 0.1) is 12.0 Å². The average Bonchev–Trinajstić information content (AvgIpc) is 2.72. The molecule has 82 valence electrons. The van der Waals surface area contributed by atoms with Gasteiger partial charge in [-0.3, -0.25) is 9.36 Å². The number of hydrogen-bond acceptors (Lipinski definition) is 3. The molecule has 1 N–H and O–H groups in total. The molecule has 0 aromatic carbocycles. The van der Waals surface area contributed by atoms with E-state index < -0.39 is 0 Å². The minimum atomic E-state index is 0.0104. The summed E-state index contributed by atoms with van der Waals surface area (Å²) in [4.78, 5) is 16.0. The second-order valence-corrected chi connectivity index (χ2v) is 4.69. The van der Waals surface area contributed by atoms with Gasteiger partial charge in [0.15, 0.2) is 0 Å². The summed E-state index contributed by atoms with van der Waals surface area (Å²) in [7, 11) is 0. The SMILES string of the molecule is Cc1ncn(C[C@@H]2CCCN2)c(=O)c1Br. The van der Waals surface area contributed by atoms with Crippen molar-refractivity contribution < 1.29 is 0 Å². The van der Waals surface area contributed by atoms with E-state index in [-0.39, 0.29) is 5.56 Å². The molecule has 1 fully saturated rings. The highest BCUT2D eigenvalue weighted by Gasteiger charge is 2.15. The van der Waals surface area contributed by atoms with Crippen molar-refractivity contribution in [3.63, 3.8) is 0 Å². The van der Waals surface area contributed by atoms with Crippen LogP contribution in [0.15, 0.2) is 15.6 Å². The van der Waals surface area contributed by atoms with Gasteiger partial charge in [0.25, 0.3) is 5.56 Å². The van der Waals surface area contributed by atoms with E-state index in [0.717, 1.165) is 18.7 Å². The van der Waals surface area contributed by atoms with Gasteiger partial charge in [0, 0.05) is 12.6 Å². The van der Waals surface area contributed by atoms with Gasteiger partial charge in [0.2, 0.25) is 0 Å². The van der Waals surface area contributed by atoms with Crippen LogP contribution in [0, 0.1) is 6.92 Å². The number of aromatic nitrogens is 2. The Balaban J connectivity index is 2.21. The maximum atomic E-state index is 11.8. The van der Waals surface area contributed by atoms with Crippen molar-refractivity contribution in [2.75, 3.05) is 6.54 Å². The van der Waals surface area contributed by atoms with Crippen LogP contribution in [0.5, 0.6) is 0 Å². The number of hydrogen-bond donors (Lipinski definition) is 1. The first-order chi connectivity index (χ1) is 7.18. The van der Waals surface area contributed by atoms with E-state index in [2.05, 4.69) is 26.2 Å². The van der Waals surface area contributed by atoms with Gasteiger partial charge in [-0.2, -0.15) is 0 Å². The number of halogens is 1. The lowest BCUT2D eigenvalue weighted by Gasteiger charge is -2.12. The summed E-state index contributed by atoms with van der Waals surface area (Å²) in [6.07, 6.45) is 3.96. The average molecular weight is 272 g/mol. The van der Waals surface area contributed by atoms with E-state index in [1.54, 1.807) is 10.9 Å². The van der Waals surface area contributed by atoms with Crippen LogP contribution in [-0.4, -0.2) is 22.1 Å². The summed E-state index contributed by atoms with van der Waals surface area (Å²) in [5.74, 6) is 0. The van der Waals surface area contributed by atoms with Gasteiger partial charge < -0.3 is 5.32 Å². The van der Waals surface area contributed by atoms with Crippen LogP contribution < -0.4 is 10.9 Å². The second-order valence-electron chi connectivity index (χ2n) is 3.89. The smallest absolute Gasteiger partial charge is 0.267 e. The lowest BCUT2D eigenvalue weighted by molar-refractivity contribution is 0.493. The predicted molar refractivity (Wildman–Crippen MR) is 62.0 cm³/mol.